The molecule has 2 aromatic heterocycles. The summed E-state index contributed by atoms with van der Waals surface area (Å²) in [6, 6.07) is 5.87. The highest BCUT2D eigenvalue weighted by Gasteiger charge is 2.16. The van der Waals surface area contributed by atoms with Gasteiger partial charge in [0.1, 0.15) is 12.1 Å². The van der Waals surface area contributed by atoms with Crippen molar-refractivity contribution in [1.29, 1.82) is 0 Å². The molecule has 0 aliphatic rings. The lowest BCUT2D eigenvalue weighted by atomic mass is 10.1. The Labute approximate surface area is 138 Å². The number of rotatable bonds is 3. The van der Waals surface area contributed by atoms with E-state index in [1.54, 1.807) is 17.8 Å². The summed E-state index contributed by atoms with van der Waals surface area (Å²) in [5.74, 6) is -0.527. The minimum absolute atomic E-state index is 0.232. The van der Waals surface area contributed by atoms with Crippen LogP contribution in [0.2, 0.25) is 0 Å². The standard InChI is InChI=1S/C17H18N4O3/c1-10-5-6-13(7-11(10)2)21-16-14(8-18-21)12(3)19-20(17(16)23)9-15(22)24-4/h5-8H,9H2,1-4H3. The molecule has 0 aliphatic heterocycles. The number of hydrogen-bond donors (Lipinski definition) is 0. The number of fused-ring (bicyclic) bond motifs is 1. The zero-order valence-electron chi connectivity index (χ0n) is 14.0. The minimum Gasteiger partial charge on any atom is -0.468 e. The first-order valence-corrected chi connectivity index (χ1v) is 7.52. The van der Waals surface area contributed by atoms with Crippen LogP contribution in [0.15, 0.2) is 29.2 Å². The SMILES string of the molecule is COC(=O)Cn1nc(C)c2cnn(-c3ccc(C)c(C)c3)c2c1=O. The molecule has 0 spiro atoms. The molecule has 0 saturated heterocycles. The fourth-order valence-corrected chi connectivity index (χ4v) is 2.57. The number of nitrogens with zero attached hydrogens (tertiary/aromatic N) is 4. The second-order valence-electron chi connectivity index (χ2n) is 5.71. The third-order valence-corrected chi connectivity index (χ3v) is 4.11. The van der Waals surface area contributed by atoms with Crippen LogP contribution in [-0.2, 0) is 16.1 Å². The molecule has 7 nitrogen and oxygen atoms in total. The van der Waals surface area contributed by atoms with Gasteiger partial charge in [0.05, 0.1) is 24.7 Å². The van der Waals surface area contributed by atoms with Crippen molar-refractivity contribution in [3.05, 3.63) is 51.6 Å². The van der Waals surface area contributed by atoms with E-state index in [0.717, 1.165) is 21.5 Å². The second-order valence-corrected chi connectivity index (χ2v) is 5.71. The Morgan fingerprint density at radius 1 is 1.21 bits per heavy atom. The molecular formula is C17H18N4O3. The number of carbonyl (C=O) groups is 1. The summed E-state index contributed by atoms with van der Waals surface area (Å²) in [6.07, 6.45) is 1.62. The fraction of sp³-hybridized carbons (Fsp3) is 0.294. The number of ether oxygens (including phenoxy) is 1. The van der Waals surface area contributed by atoms with Crippen molar-refractivity contribution in [2.75, 3.05) is 7.11 Å². The summed E-state index contributed by atoms with van der Waals surface area (Å²) >= 11 is 0. The summed E-state index contributed by atoms with van der Waals surface area (Å²) in [6.45, 7) is 5.58. The fourth-order valence-electron chi connectivity index (χ4n) is 2.57. The topological polar surface area (TPSA) is 79.0 Å². The Balaban J connectivity index is 2.25. The van der Waals surface area contributed by atoms with Crippen molar-refractivity contribution in [3.8, 4) is 5.69 Å². The molecule has 0 radical (unpaired) electrons. The molecule has 2 heterocycles. The Kier molecular flexibility index (Phi) is 3.92. The van der Waals surface area contributed by atoms with E-state index in [-0.39, 0.29) is 12.1 Å². The molecule has 24 heavy (non-hydrogen) atoms. The lowest BCUT2D eigenvalue weighted by molar-refractivity contribution is -0.141. The van der Waals surface area contributed by atoms with E-state index in [4.69, 9.17) is 0 Å². The molecule has 0 aliphatic carbocycles. The van der Waals surface area contributed by atoms with Gasteiger partial charge in [-0.25, -0.2) is 9.36 Å². The van der Waals surface area contributed by atoms with Crippen LogP contribution in [0.1, 0.15) is 16.8 Å². The number of aromatic nitrogens is 4. The first-order valence-electron chi connectivity index (χ1n) is 7.52. The van der Waals surface area contributed by atoms with Crippen molar-refractivity contribution in [3.63, 3.8) is 0 Å². The van der Waals surface area contributed by atoms with E-state index in [9.17, 15) is 9.59 Å². The van der Waals surface area contributed by atoms with Gasteiger partial charge >= 0.3 is 5.97 Å². The number of aryl methyl sites for hydroxylation is 3. The number of carbonyl (C=O) groups excluding carboxylic acids is 1. The highest BCUT2D eigenvalue weighted by atomic mass is 16.5. The third kappa shape index (κ3) is 2.58. The molecule has 0 N–H and O–H groups in total. The molecule has 0 atom stereocenters. The Morgan fingerprint density at radius 3 is 2.62 bits per heavy atom. The van der Waals surface area contributed by atoms with Crippen LogP contribution < -0.4 is 5.56 Å². The molecular weight excluding hydrogens is 308 g/mol. The monoisotopic (exact) mass is 326 g/mol. The highest BCUT2D eigenvalue weighted by molar-refractivity contribution is 5.81. The molecule has 0 unspecified atom stereocenters. The van der Waals surface area contributed by atoms with Gasteiger partial charge < -0.3 is 4.74 Å². The zero-order valence-corrected chi connectivity index (χ0v) is 14.0. The van der Waals surface area contributed by atoms with Crippen LogP contribution in [0.25, 0.3) is 16.6 Å². The van der Waals surface area contributed by atoms with Crippen LogP contribution in [0.4, 0.5) is 0 Å². The second kappa shape index (κ2) is 5.92. The van der Waals surface area contributed by atoms with Gasteiger partial charge in [-0.1, -0.05) is 6.07 Å². The van der Waals surface area contributed by atoms with Crippen molar-refractivity contribution in [2.24, 2.45) is 0 Å². The maximum absolute atomic E-state index is 12.8. The normalized spacial score (nSPS) is 11.0. The van der Waals surface area contributed by atoms with Gasteiger partial charge in [0.25, 0.3) is 5.56 Å². The quantitative estimate of drug-likeness (QED) is 0.684. The molecule has 7 heteroatoms. The Morgan fingerprint density at radius 2 is 1.96 bits per heavy atom. The number of methoxy groups -OCH3 is 1. The van der Waals surface area contributed by atoms with Crippen LogP contribution in [0.3, 0.4) is 0 Å². The molecule has 124 valence electrons. The summed E-state index contributed by atoms with van der Waals surface area (Å²) in [5.41, 5.74) is 3.71. The highest BCUT2D eigenvalue weighted by Crippen LogP contribution is 2.19. The average Bonchev–Trinajstić information content (AvgIpc) is 3.00. The van der Waals surface area contributed by atoms with E-state index >= 15 is 0 Å². The first kappa shape index (κ1) is 15.9. The molecule has 1 aromatic carbocycles. The van der Waals surface area contributed by atoms with E-state index in [2.05, 4.69) is 14.9 Å². The van der Waals surface area contributed by atoms with Gasteiger partial charge in [0.15, 0.2) is 0 Å². The van der Waals surface area contributed by atoms with Gasteiger partial charge in [-0.3, -0.25) is 9.59 Å². The predicted molar refractivity (Wildman–Crippen MR) is 89.4 cm³/mol. The van der Waals surface area contributed by atoms with Crippen LogP contribution >= 0.6 is 0 Å². The van der Waals surface area contributed by atoms with Crippen molar-refractivity contribution < 1.29 is 9.53 Å². The van der Waals surface area contributed by atoms with Gasteiger partial charge in [0.2, 0.25) is 0 Å². The predicted octanol–water partition coefficient (Wildman–Crippen LogP) is 1.68. The molecule has 0 bridgehead atoms. The van der Waals surface area contributed by atoms with Crippen LogP contribution in [0, 0.1) is 20.8 Å². The summed E-state index contributed by atoms with van der Waals surface area (Å²) in [4.78, 5) is 24.3. The summed E-state index contributed by atoms with van der Waals surface area (Å²) in [5, 5.41) is 9.19. The molecule has 0 fully saturated rings. The largest absolute Gasteiger partial charge is 0.468 e. The zero-order chi connectivity index (χ0) is 17.4. The molecule has 0 saturated carbocycles. The average molecular weight is 326 g/mol. The maximum atomic E-state index is 12.8. The number of benzene rings is 1. The van der Waals surface area contributed by atoms with Crippen molar-refractivity contribution >= 4 is 16.9 Å². The molecule has 3 rings (SSSR count). The van der Waals surface area contributed by atoms with Gasteiger partial charge in [-0.2, -0.15) is 10.2 Å². The summed E-state index contributed by atoms with van der Waals surface area (Å²) < 4.78 is 7.33. The lowest BCUT2D eigenvalue weighted by Gasteiger charge is -2.09. The maximum Gasteiger partial charge on any atom is 0.327 e. The smallest absolute Gasteiger partial charge is 0.327 e. The minimum atomic E-state index is -0.527. The number of hydrogen-bond acceptors (Lipinski definition) is 5. The number of esters is 1. The van der Waals surface area contributed by atoms with Crippen molar-refractivity contribution in [1.82, 2.24) is 19.6 Å². The Hall–Kier alpha value is -2.96. The summed E-state index contributed by atoms with van der Waals surface area (Å²) in [7, 11) is 1.28. The van der Waals surface area contributed by atoms with Gasteiger partial charge in [-0.05, 0) is 44.0 Å². The third-order valence-electron chi connectivity index (χ3n) is 4.11. The van der Waals surface area contributed by atoms with E-state index in [0.29, 0.717) is 16.6 Å². The molecule has 0 amide bonds. The first-order chi connectivity index (χ1) is 11.4. The molecule has 3 aromatic rings. The van der Waals surface area contributed by atoms with E-state index < -0.39 is 5.97 Å². The van der Waals surface area contributed by atoms with E-state index in [1.165, 1.54) is 7.11 Å². The van der Waals surface area contributed by atoms with Crippen LogP contribution in [0.5, 0.6) is 0 Å². The van der Waals surface area contributed by atoms with Gasteiger partial charge in [-0.15, -0.1) is 0 Å². The van der Waals surface area contributed by atoms with Crippen LogP contribution in [-0.4, -0.2) is 32.6 Å². The Bertz CT molecular complexity index is 1000. The lowest BCUT2D eigenvalue weighted by Crippen LogP contribution is -2.29. The van der Waals surface area contributed by atoms with Crippen molar-refractivity contribution in [2.45, 2.75) is 27.3 Å². The van der Waals surface area contributed by atoms with E-state index in [1.807, 2.05) is 32.0 Å². The van der Waals surface area contributed by atoms with Gasteiger partial charge in [0, 0.05) is 5.39 Å².